The topological polar surface area (TPSA) is 72.7 Å². The fraction of sp³-hybridized carbons (Fsp3) is 0.273. The number of aromatic nitrogens is 4. The number of nitrogens with zero attached hydrogens (tertiary/aromatic N) is 4. The number of thiophene rings is 1. The third-order valence-corrected chi connectivity index (χ3v) is 4.69. The van der Waals surface area contributed by atoms with Gasteiger partial charge in [-0.3, -0.25) is 9.36 Å². The molecule has 0 aliphatic carbocycles. The number of fused-ring (bicyclic) bond motifs is 1. The molecule has 0 aliphatic heterocycles. The van der Waals surface area contributed by atoms with Crippen molar-refractivity contribution in [1.29, 1.82) is 0 Å². The predicted octanol–water partition coefficient (Wildman–Crippen LogP) is 1.71. The zero-order chi connectivity index (χ0) is 13.4. The molecule has 0 atom stereocenters. The molecule has 0 unspecified atom stereocenters. The first kappa shape index (κ1) is 12.2. The molecular weight excluding hydrogens is 282 g/mol. The van der Waals surface area contributed by atoms with E-state index in [1.165, 1.54) is 22.9 Å². The molecule has 0 spiro atoms. The average Bonchev–Trinajstić information content (AvgIpc) is 3.00. The lowest BCUT2D eigenvalue weighted by Gasteiger charge is -2.04. The van der Waals surface area contributed by atoms with Gasteiger partial charge in [0.15, 0.2) is 0 Å². The highest BCUT2D eigenvalue weighted by Crippen LogP contribution is 2.20. The highest BCUT2D eigenvalue weighted by molar-refractivity contribution is 7.17. The number of hydrogen-bond donors (Lipinski definition) is 1. The molecule has 0 saturated carbocycles. The predicted molar refractivity (Wildman–Crippen MR) is 77.2 cm³/mol. The normalized spacial score (nSPS) is 11.1. The highest BCUT2D eigenvalue weighted by Gasteiger charge is 2.12. The van der Waals surface area contributed by atoms with E-state index >= 15 is 0 Å². The first-order chi connectivity index (χ1) is 9.20. The summed E-state index contributed by atoms with van der Waals surface area (Å²) in [6.45, 7) is 2.34. The Morgan fingerprint density at radius 3 is 3.11 bits per heavy atom. The SMILES string of the molecule is CNc1snnc1Cn1cnc2c(C)csc2c1=O. The van der Waals surface area contributed by atoms with Crippen molar-refractivity contribution in [3.8, 4) is 0 Å². The van der Waals surface area contributed by atoms with Crippen LogP contribution in [0.3, 0.4) is 0 Å². The smallest absolute Gasteiger partial charge is 0.271 e. The van der Waals surface area contributed by atoms with Gasteiger partial charge in [-0.25, -0.2) is 4.98 Å². The largest absolute Gasteiger partial charge is 0.377 e. The van der Waals surface area contributed by atoms with E-state index in [0.717, 1.165) is 21.8 Å². The summed E-state index contributed by atoms with van der Waals surface area (Å²) in [5.74, 6) is 0. The maximum atomic E-state index is 12.3. The molecule has 0 bridgehead atoms. The van der Waals surface area contributed by atoms with Gasteiger partial charge in [0.1, 0.15) is 15.4 Å². The summed E-state index contributed by atoms with van der Waals surface area (Å²) in [6, 6.07) is 0. The van der Waals surface area contributed by atoms with Crippen LogP contribution in [0.25, 0.3) is 10.2 Å². The van der Waals surface area contributed by atoms with Gasteiger partial charge in [0.2, 0.25) is 0 Å². The molecule has 3 aromatic rings. The minimum atomic E-state index is -0.0295. The summed E-state index contributed by atoms with van der Waals surface area (Å²) in [7, 11) is 1.81. The summed E-state index contributed by atoms with van der Waals surface area (Å²) in [5.41, 5.74) is 2.55. The molecule has 6 nitrogen and oxygen atoms in total. The molecule has 0 radical (unpaired) electrons. The van der Waals surface area contributed by atoms with E-state index in [9.17, 15) is 4.79 Å². The van der Waals surface area contributed by atoms with E-state index in [-0.39, 0.29) is 5.56 Å². The summed E-state index contributed by atoms with van der Waals surface area (Å²) >= 11 is 2.71. The van der Waals surface area contributed by atoms with Gasteiger partial charge in [0, 0.05) is 18.6 Å². The van der Waals surface area contributed by atoms with Crippen LogP contribution < -0.4 is 10.9 Å². The fourth-order valence-electron chi connectivity index (χ4n) is 1.84. The van der Waals surface area contributed by atoms with Crippen molar-refractivity contribution in [2.75, 3.05) is 12.4 Å². The van der Waals surface area contributed by atoms with Crippen LogP contribution in [0.2, 0.25) is 0 Å². The van der Waals surface area contributed by atoms with Gasteiger partial charge >= 0.3 is 0 Å². The number of nitrogens with one attached hydrogen (secondary N) is 1. The van der Waals surface area contributed by atoms with Gasteiger partial charge in [0.05, 0.1) is 18.4 Å². The minimum Gasteiger partial charge on any atom is -0.377 e. The minimum absolute atomic E-state index is 0.0295. The van der Waals surface area contributed by atoms with Gasteiger partial charge in [-0.2, -0.15) is 0 Å². The first-order valence-electron chi connectivity index (χ1n) is 5.63. The van der Waals surface area contributed by atoms with Crippen molar-refractivity contribution in [1.82, 2.24) is 19.1 Å². The molecular formula is C11H11N5OS2. The zero-order valence-corrected chi connectivity index (χ0v) is 12.0. The molecule has 1 N–H and O–H groups in total. The van der Waals surface area contributed by atoms with Gasteiger partial charge in [-0.15, -0.1) is 16.4 Å². The molecule has 8 heteroatoms. The van der Waals surface area contributed by atoms with E-state index in [1.807, 2.05) is 19.4 Å². The quantitative estimate of drug-likeness (QED) is 0.796. The Kier molecular flexibility index (Phi) is 3.03. The molecule has 98 valence electrons. The Morgan fingerprint density at radius 1 is 1.47 bits per heavy atom. The van der Waals surface area contributed by atoms with E-state index in [1.54, 1.807) is 10.9 Å². The van der Waals surface area contributed by atoms with Crippen molar-refractivity contribution in [3.05, 3.63) is 33.3 Å². The Labute approximate surface area is 116 Å². The van der Waals surface area contributed by atoms with Crippen LogP contribution >= 0.6 is 22.9 Å². The average molecular weight is 293 g/mol. The second-order valence-corrected chi connectivity index (χ2v) is 5.71. The van der Waals surface area contributed by atoms with E-state index in [0.29, 0.717) is 11.2 Å². The van der Waals surface area contributed by atoms with Crippen LogP contribution in [0.1, 0.15) is 11.3 Å². The molecule has 0 amide bonds. The molecule has 3 heterocycles. The maximum Gasteiger partial charge on any atom is 0.271 e. The van der Waals surface area contributed by atoms with Crippen LogP contribution in [0.15, 0.2) is 16.5 Å². The van der Waals surface area contributed by atoms with Crippen LogP contribution in [-0.4, -0.2) is 26.2 Å². The Bertz CT molecular complexity index is 788. The zero-order valence-electron chi connectivity index (χ0n) is 10.4. The third-order valence-electron chi connectivity index (χ3n) is 2.83. The highest BCUT2D eigenvalue weighted by atomic mass is 32.1. The van der Waals surface area contributed by atoms with Crippen LogP contribution in [0.4, 0.5) is 5.00 Å². The Morgan fingerprint density at radius 2 is 2.32 bits per heavy atom. The molecule has 3 aromatic heterocycles. The van der Waals surface area contributed by atoms with Crippen LogP contribution in [0.5, 0.6) is 0 Å². The number of aryl methyl sites for hydroxylation is 1. The first-order valence-corrected chi connectivity index (χ1v) is 7.28. The van der Waals surface area contributed by atoms with E-state index in [4.69, 9.17) is 0 Å². The third kappa shape index (κ3) is 2.02. The van der Waals surface area contributed by atoms with Crippen molar-refractivity contribution >= 4 is 38.1 Å². The number of hydrogen-bond acceptors (Lipinski definition) is 7. The summed E-state index contributed by atoms with van der Waals surface area (Å²) in [5, 5.41) is 9.87. The summed E-state index contributed by atoms with van der Waals surface area (Å²) in [6.07, 6.45) is 1.57. The second kappa shape index (κ2) is 4.71. The van der Waals surface area contributed by atoms with Crippen molar-refractivity contribution in [3.63, 3.8) is 0 Å². The fourth-order valence-corrected chi connectivity index (χ4v) is 3.31. The van der Waals surface area contributed by atoms with Gasteiger partial charge in [0.25, 0.3) is 5.56 Å². The lowest BCUT2D eigenvalue weighted by atomic mass is 10.3. The van der Waals surface area contributed by atoms with Crippen molar-refractivity contribution < 1.29 is 0 Å². The van der Waals surface area contributed by atoms with Crippen molar-refractivity contribution in [2.24, 2.45) is 0 Å². The van der Waals surface area contributed by atoms with Crippen LogP contribution in [0, 0.1) is 6.92 Å². The summed E-state index contributed by atoms with van der Waals surface area (Å²) in [4.78, 5) is 16.7. The summed E-state index contributed by atoms with van der Waals surface area (Å²) < 4.78 is 6.14. The van der Waals surface area contributed by atoms with Gasteiger partial charge in [-0.1, -0.05) is 4.49 Å². The molecule has 3 rings (SSSR count). The number of rotatable bonds is 3. The monoisotopic (exact) mass is 293 g/mol. The van der Waals surface area contributed by atoms with Crippen molar-refractivity contribution in [2.45, 2.75) is 13.5 Å². The van der Waals surface area contributed by atoms with Crippen LogP contribution in [-0.2, 0) is 6.54 Å². The molecule has 0 aromatic carbocycles. The standard InChI is InChI=1S/C11H11N5OS2/c1-6-4-18-9-8(6)13-5-16(11(9)17)3-7-10(12-2)19-15-14-7/h4-5,12H,3H2,1-2H3. The van der Waals surface area contributed by atoms with E-state index in [2.05, 4.69) is 19.9 Å². The maximum absolute atomic E-state index is 12.3. The molecule has 19 heavy (non-hydrogen) atoms. The lowest BCUT2D eigenvalue weighted by Crippen LogP contribution is -2.20. The number of anilines is 1. The Balaban J connectivity index is 2.07. The van der Waals surface area contributed by atoms with E-state index < -0.39 is 0 Å². The molecule has 0 saturated heterocycles. The molecule has 0 fully saturated rings. The molecule has 0 aliphatic rings. The van der Waals surface area contributed by atoms with Gasteiger partial charge in [-0.05, 0) is 17.9 Å². The van der Waals surface area contributed by atoms with Gasteiger partial charge < -0.3 is 5.32 Å². The lowest BCUT2D eigenvalue weighted by molar-refractivity contribution is 0.728. The Hall–Kier alpha value is -1.80. The second-order valence-electron chi connectivity index (χ2n) is 4.07.